The van der Waals surface area contributed by atoms with E-state index in [4.69, 9.17) is 0 Å². The second kappa shape index (κ2) is 9.41. The highest BCUT2D eigenvalue weighted by Gasteiger charge is 1.96. The number of hydrogen-bond donors (Lipinski definition) is 3. The van der Waals surface area contributed by atoms with Gasteiger partial charge in [0.2, 0.25) is 5.95 Å². The van der Waals surface area contributed by atoms with Crippen molar-refractivity contribution in [2.24, 2.45) is 0 Å². The van der Waals surface area contributed by atoms with Crippen LogP contribution in [0.2, 0.25) is 0 Å². The van der Waals surface area contributed by atoms with Crippen molar-refractivity contribution in [1.29, 1.82) is 0 Å². The van der Waals surface area contributed by atoms with Crippen LogP contribution in [0, 0.1) is 0 Å². The van der Waals surface area contributed by atoms with Gasteiger partial charge in [-0.25, -0.2) is 9.97 Å². The Kier molecular flexibility index (Phi) is 8.65. The zero-order chi connectivity index (χ0) is 11.9. The molecule has 8 heteroatoms. The maximum absolute atomic E-state index is 11.0. The lowest BCUT2D eigenvalue weighted by Crippen LogP contribution is -2.12. The van der Waals surface area contributed by atoms with E-state index in [0.717, 1.165) is 31.5 Å². The van der Waals surface area contributed by atoms with E-state index < -0.39 is 0 Å². The molecule has 2 aromatic rings. The van der Waals surface area contributed by atoms with E-state index in [9.17, 15) is 4.79 Å². The lowest BCUT2D eigenvalue weighted by atomic mass is 10.2. The molecule has 19 heavy (non-hydrogen) atoms. The molecule has 0 saturated carbocycles. The number of nitrogens with one attached hydrogen (secondary N) is 3. The van der Waals surface area contributed by atoms with Crippen molar-refractivity contribution < 1.29 is 0 Å². The van der Waals surface area contributed by atoms with E-state index in [-0.39, 0.29) is 30.4 Å². The largest absolute Gasteiger partial charge is 0.356 e. The summed E-state index contributed by atoms with van der Waals surface area (Å²) in [5.74, 6) is 0.525. The van der Waals surface area contributed by atoms with Crippen molar-refractivity contribution in [1.82, 2.24) is 19.9 Å². The highest BCUT2D eigenvalue weighted by Crippen LogP contribution is 2.00. The molecule has 0 saturated heterocycles. The molecular weight excluding hydrogens is 289 g/mol. The van der Waals surface area contributed by atoms with Gasteiger partial charge >= 0.3 is 0 Å². The number of anilines is 1. The van der Waals surface area contributed by atoms with Crippen LogP contribution in [-0.4, -0.2) is 26.5 Å². The summed E-state index contributed by atoms with van der Waals surface area (Å²) in [6.07, 6.45) is 8.10. The summed E-state index contributed by atoms with van der Waals surface area (Å²) in [6.45, 7) is 0.789. The van der Waals surface area contributed by atoms with Gasteiger partial charge in [-0.2, -0.15) is 0 Å². The highest BCUT2D eigenvalue weighted by atomic mass is 35.5. The number of imidazole rings is 1. The van der Waals surface area contributed by atoms with E-state index in [2.05, 4.69) is 25.3 Å². The molecule has 2 rings (SSSR count). The Morgan fingerprint density at radius 2 is 2.05 bits per heavy atom. The monoisotopic (exact) mass is 305 g/mol. The second-order valence-electron chi connectivity index (χ2n) is 3.73. The number of aromatic amines is 2. The molecule has 0 fully saturated rings. The summed E-state index contributed by atoms with van der Waals surface area (Å²) in [6, 6.07) is 1.39. The normalized spacial score (nSPS) is 9.26. The third kappa shape index (κ3) is 6.26. The molecule has 0 atom stereocenters. The Bertz CT molecular complexity index is 500. The van der Waals surface area contributed by atoms with Crippen LogP contribution >= 0.6 is 24.8 Å². The van der Waals surface area contributed by atoms with Gasteiger partial charge in [-0.15, -0.1) is 24.8 Å². The molecule has 2 aromatic heterocycles. The first kappa shape index (κ1) is 17.5. The first-order valence-electron chi connectivity index (χ1n) is 5.61. The molecular formula is C11H17Cl2N5O. The minimum Gasteiger partial charge on any atom is -0.356 e. The van der Waals surface area contributed by atoms with Crippen LogP contribution in [0.3, 0.4) is 0 Å². The molecule has 3 N–H and O–H groups in total. The van der Waals surface area contributed by atoms with Crippen LogP contribution in [0.25, 0.3) is 0 Å². The molecule has 0 aliphatic rings. The first-order chi connectivity index (χ1) is 8.34. The van der Waals surface area contributed by atoms with Crippen molar-refractivity contribution in [2.75, 3.05) is 11.9 Å². The number of aryl methyl sites for hydroxylation is 1. The number of aromatic nitrogens is 4. The van der Waals surface area contributed by atoms with Crippen molar-refractivity contribution in [2.45, 2.75) is 19.3 Å². The summed E-state index contributed by atoms with van der Waals surface area (Å²) in [4.78, 5) is 24.7. The number of halogens is 2. The summed E-state index contributed by atoms with van der Waals surface area (Å²) in [5.41, 5.74) is 0.940. The van der Waals surface area contributed by atoms with Gasteiger partial charge in [-0.05, 0) is 19.3 Å². The molecule has 0 aliphatic heterocycles. The second-order valence-corrected chi connectivity index (χ2v) is 3.73. The van der Waals surface area contributed by atoms with Crippen LogP contribution in [0.4, 0.5) is 5.95 Å². The lowest BCUT2D eigenvalue weighted by molar-refractivity contribution is 0.748. The Morgan fingerprint density at radius 3 is 2.74 bits per heavy atom. The maximum atomic E-state index is 11.0. The summed E-state index contributed by atoms with van der Waals surface area (Å²) in [7, 11) is 0. The maximum Gasteiger partial charge on any atom is 0.252 e. The fourth-order valence-electron chi connectivity index (χ4n) is 1.53. The number of H-pyrrole nitrogens is 2. The molecule has 6 nitrogen and oxygen atoms in total. The zero-order valence-corrected chi connectivity index (χ0v) is 11.9. The SMILES string of the molecule is Cl.Cl.O=c1ccnc(NCCCCc2c[nH]cn2)[nH]1. The van der Waals surface area contributed by atoms with Gasteiger partial charge < -0.3 is 10.3 Å². The van der Waals surface area contributed by atoms with Gasteiger partial charge in [0.05, 0.1) is 12.0 Å². The molecule has 0 aliphatic carbocycles. The number of rotatable bonds is 6. The summed E-state index contributed by atoms with van der Waals surface area (Å²) in [5, 5.41) is 3.07. The average Bonchev–Trinajstić information content (AvgIpc) is 2.82. The Morgan fingerprint density at radius 1 is 1.21 bits per heavy atom. The molecule has 106 valence electrons. The minimum absolute atomic E-state index is 0. The highest BCUT2D eigenvalue weighted by molar-refractivity contribution is 5.85. The topological polar surface area (TPSA) is 86.5 Å². The van der Waals surface area contributed by atoms with Gasteiger partial charge in [-0.1, -0.05) is 0 Å². The van der Waals surface area contributed by atoms with Crippen molar-refractivity contribution in [3.63, 3.8) is 0 Å². The minimum atomic E-state index is -0.140. The quantitative estimate of drug-likeness (QED) is 0.710. The molecule has 0 unspecified atom stereocenters. The predicted octanol–water partition coefficient (Wildman–Crippen LogP) is 1.77. The third-order valence-corrected chi connectivity index (χ3v) is 2.38. The van der Waals surface area contributed by atoms with Crippen molar-refractivity contribution in [3.8, 4) is 0 Å². The Hall–Kier alpha value is -1.53. The summed E-state index contributed by atoms with van der Waals surface area (Å²) < 4.78 is 0. The molecule has 0 bridgehead atoms. The third-order valence-electron chi connectivity index (χ3n) is 2.38. The molecule has 0 spiro atoms. The van der Waals surface area contributed by atoms with Gasteiger partial charge in [-0.3, -0.25) is 9.78 Å². The lowest BCUT2D eigenvalue weighted by Gasteiger charge is -2.03. The standard InChI is InChI=1S/C11H15N5O.2ClH/c17-10-4-6-14-11(16-10)13-5-2-1-3-9-7-12-8-15-9;;/h4,6-8H,1-3,5H2,(H,12,15)(H2,13,14,16,17);2*1H. The number of hydrogen-bond acceptors (Lipinski definition) is 4. The predicted molar refractivity (Wildman–Crippen MR) is 79.4 cm³/mol. The van der Waals surface area contributed by atoms with E-state index in [1.807, 2.05) is 6.20 Å². The molecule has 2 heterocycles. The van der Waals surface area contributed by atoms with Crippen LogP contribution in [0.1, 0.15) is 18.5 Å². The Labute approximate surface area is 123 Å². The fourth-order valence-corrected chi connectivity index (χ4v) is 1.53. The van der Waals surface area contributed by atoms with Crippen molar-refractivity contribution in [3.05, 3.63) is 40.8 Å². The van der Waals surface area contributed by atoms with Crippen LogP contribution in [0.15, 0.2) is 29.6 Å². The number of nitrogens with zero attached hydrogens (tertiary/aromatic N) is 2. The fraction of sp³-hybridized carbons (Fsp3) is 0.364. The van der Waals surface area contributed by atoms with E-state index in [1.165, 1.54) is 12.3 Å². The van der Waals surface area contributed by atoms with Gasteiger partial charge in [0.25, 0.3) is 5.56 Å². The molecule has 0 amide bonds. The van der Waals surface area contributed by atoms with Crippen molar-refractivity contribution >= 4 is 30.8 Å². The van der Waals surface area contributed by atoms with E-state index in [0.29, 0.717) is 5.95 Å². The smallest absolute Gasteiger partial charge is 0.252 e. The zero-order valence-electron chi connectivity index (χ0n) is 10.3. The van der Waals surface area contributed by atoms with Gasteiger partial charge in [0.1, 0.15) is 0 Å². The first-order valence-corrected chi connectivity index (χ1v) is 5.61. The van der Waals surface area contributed by atoms with Crippen LogP contribution in [0.5, 0.6) is 0 Å². The Balaban J connectivity index is 0.00000162. The molecule has 0 aromatic carbocycles. The van der Waals surface area contributed by atoms with E-state index in [1.54, 1.807) is 6.33 Å². The number of unbranched alkanes of at least 4 members (excludes halogenated alkanes) is 1. The van der Waals surface area contributed by atoms with Crippen LogP contribution < -0.4 is 10.9 Å². The summed E-state index contributed by atoms with van der Waals surface area (Å²) >= 11 is 0. The van der Waals surface area contributed by atoms with E-state index >= 15 is 0 Å². The molecule has 0 radical (unpaired) electrons. The van der Waals surface area contributed by atoms with Gasteiger partial charge in [0.15, 0.2) is 0 Å². The van der Waals surface area contributed by atoms with Crippen LogP contribution in [-0.2, 0) is 6.42 Å². The average molecular weight is 306 g/mol. The van der Waals surface area contributed by atoms with Gasteiger partial charge in [0, 0.05) is 25.0 Å².